The first-order valence-electron chi connectivity index (χ1n) is 12.7. The first-order chi connectivity index (χ1) is 16.1. The minimum absolute atomic E-state index is 0.00378. The predicted octanol–water partition coefficient (Wildman–Crippen LogP) is 1.88. The first-order valence-corrected chi connectivity index (χ1v) is 12.7. The van der Waals surface area contributed by atoms with Crippen molar-refractivity contribution in [3.63, 3.8) is 0 Å². The normalized spacial score (nSPS) is 25.5. The first kappa shape index (κ1) is 26.8. The highest BCUT2D eigenvalue weighted by Crippen LogP contribution is 2.32. The Labute approximate surface area is 202 Å². The van der Waals surface area contributed by atoms with Crippen molar-refractivity contribution >= 4 is 17.8 Å². The van der Waals surface area contributed by atoms with Gasteiger partial charge in [-0.1, -0.05) is 6.92 Å². The number of hydrogen-bond acceptors (Lipinski definition) is 8. The molecule has 2 N–H and O–H groups in total. The van der Waals surface area contributed by atoms with Crippen molar-refractivity contribution in [1.29, 1.82) is 0 Å². The van der Waals surface area contributed by atoms with Gasteiger partial charge >= 0.3 is 12.1 Å². The van der Waals surface area contributed by atoms with Crippen molar-refractivity contribution in [1.82, 2.24) is 20.0 Å². The van der Waals surface area contributed by atoms with E-state index < -0.39 is 29.2 Å². The fourth-order valence-corrected chi connectivity index (χ4v) is 5.24. The van der Waals surface area contributed by atoms with E-state index in [-0.39, 0.29) is 18.7 Å². The van der Waals surface area contributed by atoms with Gasteiger partial charge in [-0.2, -0.15) is 0 Å². The second kappa shape index (κ2) is 11.3. The molecule has 1 unspecified atom stereocenters. The van der Waals surface area contributed by atoms with Gasteiger partial charge in [-0.25, -0.2) is 9.59 Å². The molecule has 0 spiro atoms. The minimum Gasteiger partial charge on any atom is -0.479 e. The van der Waals surface area contributed by atoms with Crippen LogP contribution in [0.2, 0.25) is 0 Å². The van der Waals surface area contributed by atoms with Gasteiger partial charge in [-0.3, -0.25) is 19.5 Å². The average Bonchev–Trinajstić information content (AvgIpc) is 2.81. The van der Waals surface area contributed by atoms with Crippen molar-refractivity contribution < 1.29 is 29.0 Å². The number of carboxylic acid groups (broad SMARTS) is 1. The lowest BCUT2D eigenvalue weighted by molar-refractivity contribution is -0.216. The van der Waals surface area contributed by atoms with Gasteiger partial charge in [0.1, 0.15) is 11.3 Å². The molecule has 0 aromatic rings. The van der Waals surface area contributed by atoms with E-state index in [1.807, 2.05) is 25.7 Å². The lowest BCUT2D eigenvalue weighted by Gasteiger charge is -2.52. The molecule has 194 valence electrons. The molecule has 0 bridgehead atoms. The van der Waals surface area contributed by atoms with Gasteiger partial charge in [0.05, 0.1) is 6.17 Å². The summed E-state index contributed by atoms with van der Waals surface area (Å²) in [5.74, 6) is -1.63. The molecule has 0 radical (unpaired) electrons. The third-order valence-electron chi connectivity index (χ3n) is 7.00. The van der Waals surface area contributed by atoms with E-state index in [0.717, 1.165) is 32.4 Å². The highest BCUT2D eigenvalue weighted by atomic mass is 16.6. The average molecular weight is 483 g/mol. The van der Waals surface area contributed by atoms with Crippen LogP contribution in [-0.4, -0.2) is 107 Å². The Kier molecular flexibility index (Phi) is 8.94. The van der Waals surface area contributed by atoms with E-state index in [0.29, 0.717) is 45.6 Å². The molecule has 0 aromatic carbocycles. The van der Waals surface area contributed by atoms with Gasteiger partial charge in [0, 0.05) is 52.0 Å². The highest BCUT2D eigenvalue weighted by molar-refractivity contribution is 6.01. The van der Waals surface area contributed by atoms with Gasteiger partial charge in [-0.05, 0) is 53.1 Å². The van der Waals surface area contributed by atoms with E-state index in [1.165, 1.54) is 0 Å². The second-order valence-corrected chi connectivity index (χ2v) is 10.5. The van der Waals surface area contributed by atoms with Crippen LogP contribution in [0.25, 0.3) is 0 Å². The van der Waals surface area contributed by atoms with Gasteiger partial charge < -0.3 is 19.9 Å². The molecule has 10 nitrogen and oxygen atoms in total. The van der Waals surface area contributed by atoms with Crippen LogP contribution in [0, 0.1) is 0 Å². The van der Waals surface area contributed by atoms with Gasteiger partial charge in [-0.15, -0.1) is 0 Å². The zero-order valence-electron chi connectivity index (χ0n) is 21.2. The molecule has 3 aliphatic heterocycles. The summed E-state index contributed by atoms with van der Waals surface area (Å²) in [6.45, 7) is 12.3. The molecule has 34 heavy (non-hydrogen) atoms. The van der Waals surface area contributed by atoms with E-state index in [9.17, 15) is 19.5 Å². The number of piperazine rings is 1. The summed E-state index contributed by atoms with van der Waals surface area (Å²) in [6.07, 6.45) is 2.64. The number of nitrogens with one attached hydrogen (secondary N) is 1. The fourth-order valence-electron chi connectivity index (χ4n) is 5.24. The number of carboxylic acids is 1. The summed E-state index contributed by atoms with van der Waals surface area (Å²) in [6, 6.07) is 0. The van der Waals surface area contributed by atoms with Crippen LogP contribution < -0.4 is 5.32 Å². The number of carbonyl (C=O) groups is 3. The van der Waals surface area contributed by atoms with Crippen molar-refractivity contribution in [2.75, 3.05) is 45.8 Å². The summed E-state index contributed by atoms with van der Waals surface area (Å²) in [5, 5.41) is 13.0. The second-order valence-electron chi connectivity index (χ2n) is 10.5. The summed E-state index contributed by atoms with van der Waals surface area (Å²) in [4.78, 5) is 43.4. The fraction of sp³-hybridized carbons (Fsp3) is 0.875. The molecular formula is C24H42N4O6. The monoisotopic (exact) mass is 482 g/mol. The zero-order valence-corrected chi connectivity index (χ0v) is 21.2. The topological polar surface area (TPSA) is 112 Å². The molecule has 3 rings (SSSR count). The molecule has 0 aliphatic carbocycles. The van der Waals surface area contributed by atoms with Crippen LogP contribution in [0.1, 0.15) is 66.2 Å². The molecule has 10 heteroatoms. The lowest BCUT2D eigenvalue weighted by Crippen LogP contribution is -2.65. The van der Waals surface area contributed by atoms with Crippen LogP contribution in [-0.2, 0) is 19.1 Å². The molecule has 0 saturated carbocycles. The molecule has 3 heterocycles. The molecule has 3 fully saturated rings. The summed E-state index contributed by atoms with van der Waals surface area (Å²) >= 11 is 0. The molecular weight excluding hydrogens is 440 g/mol. The van der Waals surface area contributed by atoms with E-state index in [2.05, 4.69) is 15.1 Å². The zero-order chi connectivity index (χ0) is 24.9. The number of carbonyl (C=O) groups excluding carboxylic acids is 2. The smallest absolute Gasteiger partial charge is 0.411 e. The maximum absolute atomic E-state index is 12.9. The molecule has 3 aliphatic rings. The van der Waals surface area contributed by atoms with E-state index in [1.54, 1.807) is 6.92 Å². The Balaban J connectivity index is 1.69. The number of rotatable bonds is 7. The summed E-state index contributed by atoms with van der Waals surface area (Å²) in [5.41, 5.74) is -1.31. The SMILES string of the molecule is CCC(=O)[C@H](OC1(N2CCN(C3CCCCN3C(=O)OC(C)(C)C)CC2)CCNCC1)C(=O)O. The third kappa shape index (κ3) is 6.47. The van der Waals surface area contributed by atoms with Crippen molar-refractivity contribution in [2.24, 2.45) is 0 Å². The number of piperidine rings is 2. The van der Waals surface area contributed by atoms with Gasteiger partial charge in [0.25, 0.3) is 0 Å². The lowest BCUT2D eigenvalue weighted by atomic mass is 9.97. The largest absolute Gasteiger partial charge is 0.479 e. The molecule has 3 saturated heterocycles. The number of nitrogens with zero attached hydrogens (tertiary/aromatic N) is 3. The molecule has 2 atom stereocenters. The van der Waals surface area contributed by atoms with Crippen molar-refractivity contribution in [2.45, 2.75) is 89.8 Å². The Morgan fingerprint density at radius 1 is 1.06 bits per heavy atom. The van der Waals surface area contributed by atoms with Gasteiger partial charge in [0.15, 0.2) is 5.78 Å². The quantitative estimate of drug-likeness (QED) is 0.525. The Bertz CT molecular complexity index is 725. The Hall–Kier alpha value is -1.75. The Morgan fingerprint density at radius 2 is 1.71 bits per heavy atom. The maximum Gasteiger partial charge on any atom is 0.411 e. The number of Topliss-reactive ketones (excluding diaryl/α,β-unsaturated/α-hetero) is 1. The predicted molar refractivity (Wildman–Crippen MR) is 126 cm³/mol. The number of hydrogen-bond donors (Lipinski definition) is 2. The van der Waals surface area contributed by atoms with Gasteiger partial charge in [0.2, 0.25) is 6.10 Å². The summed E-state index contributed by atoms with van der Waals surface area (Å²) in [7, 11) is 0. The number of ketones is 1. The van der Waals surface area contributed by atoms with Crippen LogP contribution in [0.15, 0.2) is 0 Å². The standard InChI is InChI=1S/C24H42N4O6/c1-5-18(29)20(21(30)31)33-24(9-11-25-12-10-24)27-16-14-26(15-17-27)19-8-6-7-13-28(19)22(32)34-23(2,3)4/h19-20,25H,5-17H2,1-4H3,(H,30,31)/t19?,20-/m0/s1. The van der Waals surface area contributed by atoms with Crippen LogP contribution in [0.3, 0.4) is 0 Å². The Morgan fingerprint density at radius 3 is 2.26 bits per heavy atom. The van der Waals surface area contributed by atoms with E-state index >= 15 is 0 Å². The van der Waals surface area contributed by atoms with Crippen LogP contribution in [0.4, 0.5) is 4.79 Å². The van der Waals surface area contributed by atoms with Crippen LogP contribution in [0.5, 0.6) is 0 Å². The molecule has 0 aromatic heterocycles. The third-order valence-corrected chi connectivity index (χ3v) is 7.00. The number of ether oxygens (including phenoxy) is 2. The van der Waals surface area contributed by atoms with Crippen molar-refractivity contribution in [3.05, 3.63) is 0 Å². The van der Waals surface area contributed by atoms with Crippen LogP contribution >= 0.6 is 0 Å². The maximum atomic E-state index is 12.9. The number of aliphatic carboxylic acids is 1. The molecule has 1 amide bonds. The minimum atomic E-state index is -1.44. The summed E-state index contributed by atoms with van der Waals surface area (Å²) < 4.78 is 11.8. The van der Waals surface area contributed by atoms with Crippen molar-refractivity contribution in [3.8, 4) is 0 Å². The van der Waals surface area contributed by atoms with E-state index in [4.69, 9.17) is 9.47 Å². The number of amides is 1. The number of likely N-dealkylation sites (tertiary alicyclic amines) is 1. The highest BCUT2D eigenvalue weighted by Gasteiger charge is 2.46.